The quantitative estimate of drug-likeness (QED) is 0.586. The van der Waals surface area contributed by atoms with E-state index in [0.29, 0.717) is 35.5 Å². The van der Waals surface area contributed by atoms with E-state index in [0.717, 1.165) is 11.8 Å². The summed E-state index contributed by atoms with van der Waals surface area (Å²) in [6.07, 6.45) is 0. The Labute approximate surface area is 83.3 Å². The lowest BCUT2D eigenvalue weighted by Gasteiger charge is -2.63. The molecule has 0 heterocycles. The van der Waals surface area contributed by atoms with Crippen molar-refractivity contribution in [3.05, 3.63) is 0 Å². The molecule has 14 heavy (non-hydrogen) atoms. The Morgan fingerprint density at radius 1 is 0.643 bits per heavy atom. The second-order valence-electron chi connectivity index (χ2n) is 6.86. The zero-order valence-corrected chi connectivity index (χ0v) is 8.51. The Morgan fingerprint density at radius 3 is 1.29 bits per heavy atom. The van der Waals surface area contributed by atoms with Gasteiger partial charge in [-0.25, -0.2) is 0 Å². The summed E-state index contributed by atoms with van der Waals surface area (Å²) in [5, 5.41) is 21.0. The summed E-state index contributed by atoms with van der Waals surface area (Å²) in [6.45, 7) is 4.06. The van der Waals surface area contributed by atoms with Crippen molar-refractivity contribution >= 4 is 0 Å². The van der Waals surface area contributed by atoms with Crippen LogP contribution in [0.1, 0.15) is 13.8 Å². The molecule has 10 atom stereocenters. The van der Waals surface area contributed by atoms with Gasteiger partial charge in [-0.1, -0.05) is 0 Å². The molecule has 6 fully saturated rings. The molecular formula is C12H16O2. The third-order valence-corrected chi connectivity index (χ3v) is 6.91. The Kier molecular flexibility index (Phi) is 0.735. The maximum Gasteiger partial charge on any atom is 0.0688 e. The lowest BCUT2D eigenvalue weighted by Crippen LogP contribution is -2.62. The zero-order chi connectivity index (χ0) is 9.62. The highest BCUT2D eigenvalue weighted by Crippen LogP contribution is 2.92. The molecule has 6 saturated carbocycles. The van der Waals surface area contributed by atoms with E-state index in [9.17, 15) is 10.2 Å². The van der Waals surface area contributed by atoms with Gasteiger partial charge in [0, 0.05) is 0 Å². The van der Waals surface area contributed by atoms with E-state index >= 15 is 0 Å². The number of hydrogen-bond acceptors (Lipinski definition) is 2. The second-order valence-corrected chi connectivity index (χ2v) is 6.86. The van der Waals surface area contributed by atoms with Gasteiger partial charge in [-0.3, -0.25) is 0 Å². The Morgan fingerprint density at radius 2 is 1.00 bits per heavy atom. The lowest BCUT2D eigenvalue weighted by atomic mass is 9.40. The first kappa shape index (κ1) is 7.24. The molecule has 0 saturated heterocycles. The number of hydrogen-bond donors (Lipinski definition) is 2. The van der Waals surface area contributed by atoms with Crippen molar-refractivity contribution < 1.29 is 10.2 Å². The second kappa shape index (κ2) is 1.42. The molecule has 76 valence electrons. The van der Waals surface area contributed by atoms with Gasteiger partial charge in [-0.2, -0.15) is 0 Å². The van der Waals surface area contributed by atoms with Crippen LogP contribution in [0.25, 0.3) is 0 Å². The van der Waals surface area contributed by atoms with E-state index in [1.165, 1.54) is 0 Å². The van der Waals surface area contributed by atoms with E-state index in [1.54, 1.807) is 0 Å². The molecule has 2 nitrogen and oxygen atoms in total. The molecular weight excluding hydrogens is 176 g/mol. The fourth-order valence-electron chi connectivity index (χ4n) is 7.09. The highest BCUT2D eigenvalue weighted by molar-refractivity contribution is 5.41. The molecule has 0 aromatic heterocycles. The first-order valence-electron chi connectivity index (χ1n) is 5.94. The van der Waals surface area contributed by atoms with Crippen molar-refractivity contribution in [1.82, 2.24) is 0 Å². The van der Waals surface area contributed by atoms with Crippen LogP contribution in [0.2, 0.25) is 0 Å². The predicted molar refractivity (Wildman–Crippen MR) is 49.2 cm³/mol. The summed E-state index contributed by atoms with van der Waals surface area (Å²) in [5.74, 6) is 4.95. The predicted octanol–water partition coefficient (Wildman–Crippen LogP) is 0.486. The van der Waals surface area contributed by atoms with Crippen LogP contribution >= 0.6 is 0 Å². The molecule has 0 spiro atoms. The van der Waals surface area contributed by atoms with E-state index < -0.39 is 11.2 Å². The van der Waals surface area contributed by atoms with E-state index in [2.05, 4.69) is 0 Å². The van der Waals surface area contributed by atoms with Gasteiger partial charge in [0.1, 0.15) is 0 Å². The Bertz CT molecular complexity index is 337. The Balaban J connectivity index is 1.82. The molecule has 6 rings (SSSR count). The molecule has 2 heteroatoms. The summed E-state index contributed by atoms with van der Waals surface area (Å²) in [5.41, 5.74) is -0.868. The van der Waals surface area contributed by atoms with Crippen molar-refractivity contribution in [2.75, 3.05) is 0 Å². The minimum absolute atomic E-state index is 0.434. The monoisotopic (exact) mass is 192 g/mol. The maximum atomic E-state index is 10.5. The average Bonchev–Trinajstić information content (AvgIpc) is 2.40. The number of rotatable bonds is 0. The van der Waals surface area contributed by atoms with Crippen LogP contribution in [0.15, 0.2) is 0 Å². The standard InChI is InChI=1S/C12H16O2/c1-11(13)7-3-4-5(7)10-9(11)6(3)8(4)12(10,2)14/h3-10,13-14H,1-2H3. The maximum absolute atomic E-state index is 10.5. The average molecular weight is 192 g/mol. The van der Waals surface area contributed by atoms with Crippen LogP contribution in [0.5, 0.6) is 0 Å². The van der Waals surface area contributed by atoms with Crippen molar-refractivity contribution in [3.8, 4) is 0 Å². The minimum atomic E-state index is -0.434. The van der Waals surface area contributed by atoms with Crippen molar-refractivity contribution in [3.63, 3.8) is 0 Å². The fourth-order valence-corrected chi connectivity index (χ4v) is 7.09. The van der Waals surface area contributed by atoms with Crippen molar-refractivity contribution in [2.24, 2.45) is 47.3 Å². The molecule has 0 amide bonds. The molecule has 6 aliphatic carbocycles. The van der Waals surface area contributed by atoms with Crippen LogP contribution in [-0.2, 0) is 0 Å². The highest BCUT2D eigenvalue weighted by Gasteiger charge is 2.94. The van der Waals surface area contributed by atoms with Gasteiger partial charge in [0.05, 0.1) is 11.2 Å². The summed E-state index contributed by atoms with van der Waals surface area (Å²) < 4.78 is 0. The van der Waals surface area contributed by atoms with Crippen LogP contribution < -0.4 is 0 Å². The SMILES string of the molecule is CC1(O)C2C3C4C2C2C1C3C4C2(C)O. The van der Waals surface area contributed by atoms with Crippen LogP contribution in [-0.4, -0.2) is 21.4 Å². The van der Waals surface area contributed by atoms with Gasteiger partial charge in [0.2, 0.25) is 0 Å². The van der Waals surface area contributed by atoms with Gasteiger partial charge in [0.15, 0.2) is 0 Å². The largest absolute Gasteiger partial charge is 0.390 e. The third kappa shape index (κ3) is 0.348. The van der Waals surface area contributed by atoms with E-state index in [-0.39, 0.29) is 0 Å². The van der Waals surface area contributed by atoms with Gasteiger partial charge in [-0.05, 0) is 61.2 Å². The summed E-state index contributed by atoms with van der Waals surface area (Å²) in [4.78, 5) is 0. The smallest absolute Gasteiger partial charge is 0.0688 e. The Hall–Kier alpha value is -0.0800. The molecule has 2 N–H and O–H groups in total. The van der Waals surface area contributed by atoms with Crippen molar-refractivity contribution in [1.29, 1.82) is 0 Å². The van der Waals surface area contributed by atoms with Gasteiger partial charge in [0.25, 0.3) is 0 Å². The van der Waals surface area contributed by atoms with E-state index in [1.807, 2.05) is 13.8 Å². The molecule has 4 bridgehead atoms. The topological polar surface area (TPSA) is 40.5 Å². The first-order valence-corrected chi connectivity index (χ1v) is 5.94. The molecule has 6 aliphatic rings. The van der Waals surface area contributed by atoms with Crippen LogP contribution in [0, 0.1) is 47.3 Å². The third-order valence-electron chi connectivity index (χ3n) is 6.91. The molecule has 0 aliphatic heterocycles. The van der Waals surface area contributed by atoms with Gasteiger partial charge in [-0.15, -0.1) is 0 Å². The van der Waals surface area contributed by atoms with Crippen LogP contribution in [0.4, 0.5) is 0 Å². The zero-order valence-electron chi connectivity index (χ0n) is 8.51. The highest BCUT2D eigenvalue weighted by atomic mass is 16.3. The normalized spacial score (nSPS) is 90.0. The lowest BCUT2D eigenvalue weighted by molar-refractivity contribution is -0.186. The molecule has 0 radical (unpaired) electrons. The van der Waals surface area contributed by atoms with Gasteiger partial charge >= 0.3 is 0 Å². The molecule has 0 aromatic rings. The van der Waals surface area contributed by atoms with Crippen molar-refractivity contribution in [2.45, 2.75) is 25.0 Å². The van der Waals surface area contributed by atoms with Crippen LogP contribution in [0.3, 0.4) is 0 Å². The molecule has 10 unspecified atom stereocenters. The first-order chi connectivity index (χ1) is 6.49. The number of aliphatic hydroxyl groups is 2. The molecule has 0 aromatic carbocycles. The fraction of sp³-hybridized carbons (Fsp3) is 1.00. The van der Waals surface area contributed by atoms with Gasteiger partial charge < -0.3 is 10.2 Å². The van der Waals surface area contributed by atoms with E-state index in [4.69, 9.17) is 0 Å². The summed E-state index contributed by atoms with van der Waals surface area (Å²) >= 11 is 0. The minimum Gasteiger partial charge on any atom is -0.390 e. The summed E-state index contributed by atoms with van der Waals surface area (Å²) in [6, 6.07) is 0. The summed E-state index contributed by atoms with van der Waals surface area (Å²) in [7, 11) is 0.